The highest BCUT2D eigenvalue weighted by molar-refractivity contribution is 6.30. The summed E-state index contributed by atoms with van der Waals surface area (Å²) in [6.07, 6.45) is 1.54. The van der Waals surface area contributed by atoms with Gasteiger partial charge in [0.05, 0.1) is 12.6 Å². The smallest absolute Gasteiger partial charge is 0.166 e. The number of rotatable bonds is 2. The summed E-state index contributed by atoms with van der Waals surface area (Å²) in [4.78, 5) is 0. The molecule has 1 rings (SSSR count). The van der Waals surface area contributed by atoms with E-state index in [0.717, 1.165) is 5.59 Å². The van der Waals surface area contributed by atoms with Crippen LogP contribution >= 0.6 is 0 Å². The van der Waals surface area contributed by atoms with Gasteiger partial charge in [-0.2, -0.15) is 5.10 Å². The van der Waals surface area contributed by atoms with Crippen molar-refractivity contribution >= 4 is 13.4 Å². The third-order valence-corrected chi connectivity index (χ3v) is 1.23. The van der Waals surface area contributed by atoms with Crippen LogP contribution in [-0.2, 0) is 6.54 Å². The number of aliphatic hydroxyl groups is 1. The first-order chi connectivity index (χ1) is 4.68. The molecule has 0 saturated carbocycles. The zero-order valence-corrected chi connectivity index (χ0v) is 6.28. The van der Waals surface area contributed by atoms with Gasteiger partial charge in [0.15, 0.2) is 7.85 Å². The highest BCUT2D eigenvalue weighted by atomic mass is 16.3. The summed E-state index contributed by atoms with van der Waals surface area (Å²) >= 11 is 0. The highest BCUT2D eigenvalue weighted by Gasteiger charge is 1.97. The molecule has 0 spiro atoms. The summed E-state index contributed by atoms with van der Waals surface area (Å²) < 4.78 is 1.74. The Bertz CT molecular complexity index is 209. The summed E-state index contributed by atoms with van der Waals surface area (Å²) in [5.41, 5.74) is 0.987. The normalized spacial score (nSPS) is 13.4. The van der Waals surface area contributed by atoms with Crippen LogP contribution in [0.5, 0.6) is 0 Å². The van der Waals surface area contributed by atoms with Crippen molar-refractivity contribution in [2.45, 2.75) is 19.6 Å². The Balaban J connectivity index is 2.58. The minimum Gasteiger partial charge on any atom is -0.391 e. The Hall–Kier alpha value is -0.765. The van der Waals surface area contributed by atoms with E-state index in [-0.39, 0.29) is 6.10 Å². The first-order valence-corrected chi connectivity index (χ1v) is 3.36. The van der Waals surface area contributed by atoms with Crippen LogP contribution in [-0.4, -0.2) is 28.8 Å². The molecular weight excluding hydrogens is 127 g/mol. The maximum absolute atomic E-state index is 8.95. The van der Waals surface area contributed by atoms with Crippen molar-refractivity contribution in [2.75, 3.05) is 0 Å². The second-order valence-corrected chi connectivity index (χ2v) is 2.53. The van der Waals surface area contributed by atoms with Crippen molar-refractivity contribution in [1.82, 2.24) is 9.78 Å². The van der Waals surface area contributed by atoms with Crippen LogP contribution in [0.2, 0.25) is 0 Å². The Morgan fingerprint density at radius 3 is 3.00 bits per heavy atom. The fourth-order valence-electron chi connectivity index (χ4n) is 0.836. The van der Waals surface area contributed by atoms with Crippen molar-refractivity contribution in [3.05, 3.63) is 12.3 Å². The summed E-state index contributed by atoms with van der Waals surface area (Å²) in [7, 11) is 1.93. The van der Waals surface area contributed by atoms with Crippen LogP contribution in [0.15, 0.2) is 12.3 Å². The number of nitrogens with zero attached hydrogens (tertiary/aromatic N) is 2. The van der Waals surface area contributed by atoms with E-state index in [4.69, 9.17) is 5.11 Å². The molecule has 0 fully saturated rings. The topological polar surface area (TPSA) is 38.0 Å². The first kappa shape index (κ1) is 7.34. The van der Waals surface area contributed by atoms with Crippen LogP contribution in [0.3, 0.4) is 0 Å². The van der Waals surface area contributed by atoms with Gasteiger partial charge in [0.1, 0.15) is 0 Å². The summed E-state index contributed by atoms with van der Waals surface area (Å²) in [6, 6.07) is 1.92. The van der Waals surface area contributed by atoms with Crippen molar-refractivity contribution in [1.29, 1.82) is 0 Å². The van der Waals surface area contributed by atoms with E-state index in [9.17, 15) is 0 Å². The molecular formula is C6H11BN2O. The lowest BCUT2D eigenvalue weighted by molar-refractivity contribution is 0.168. The standard InChI is InChI=1S/C6H11BN2O/c1-5(10)4-9-3-2-6(7)8-9/h2-3,5,10H,4,7H2,1H3/t5-/m0/s1. The summed E-state index contributed by atoms with van der Waals surface area (Å²) in [6.45, 7) is 2.32. The molecule has 0 aromatic carbocycles. The Morgan fingerprint density at radius 1 is 1.90 bits per heavy atom. The lowest BCUT2D eigenvalue weighted by atomic mass is 10.1. The van der Waals surface area contributed by atoms with Gasteiger partial charge in [-0.3, -0.25) is 4.68 Å². The van der Waals surface area contributed by atoms with Crippen LogP contribution < -0.4 is 5.59 Å². The van der Waals surface area contributed by atoms with E-state index in [1.807, 2.05) is 20.1 Å². The third-order valence-electron chi connectivity index (χ3n) is 1.23. The van der Waals surface area contributed by atoms with E-state index >= 15 is 0 Å². The first-order valence-electron chi connectivity index (χ1n) is 3.36. The van der Waals surface area contributed by atoms with E-state index in [2.05, 4.69) is 5.10 Å². The molecule has 0 aliphatic rings. The molecule has 0 amide bonds. The number of hydrogen-bond acceptors (Lipinski definition) is 2. The number of aromatic nitrogens is 2. The van der Waals surface area contributed by atoms with Gasteiger partial charge in [-0.1, -0.05) is 0 Å². The summed E-state index contributed by atoms with van der Waals surface area (Å²) in [5, 5.41) is 13.1. The molecule has 1 N–H and O–H groups in total. The lowest BCUT2D eigenvalue weighted by Crippen LogP contribution is -2.15. The second kappa shape index (κ2) is 2.88. The van der Waals surface area contributed by atoms with Gasteiger partial charge in [0.2, 0.25) is 0 Å². The monoisotopic (exact) mass is 138 g/mol. The largest absolute Gasteiger partial charge is 0.391 e. The molecule has 0 unspecified atom stereocenters. The third kappa shape index (κ3) is 1.88. The predicted molar refractivity (Wildman–Crippen MR) is 42.1 cm³/mol. The van der Waals surface area contributed by atoms with Gasteiger partial charge in [-0.15, -0.1) is 0 Å². The van der Waals surface area contributed by atoms with Crippen molar-refractivity contribution < 1.29 is 5.11 Å². The van der Waals surface area contributed by atoms with E-state index in [1.165, 1.54) is 0 Å². The van der Waals surface area contributed by atoms with E-state index in [0.29, 0.717) is 6.54 Å². The molecule has 4 heteroatoms. The van der Waals surface area contributed by atoms with Crippen LogP contribution in [0.4, 0.5) is 0 Å². The molecule has 1 atom stereocenters. The zero-order valence-electron chi connectivity index (χ0n) is 6.28. The molecule has 1 heterocycles. The van der Waals surface area contributed by atoms with Gasteiger partial charge < -0.3 is 5.11 Å². The fourth-order valence-corrected chi connectivity index (χ4v) is 0.836. The molecule has 0 aliphatic carbocycles. The van der Waals surface area contributed by atoms with Crippen LogP contribution in [0.25, 0.3) is 0 Å². The van der Waals surface area contributed by atoms with Gasteiger partial charge >= 0.3 is 0 Å². The Kier molecular flexibility index (Phi) is 2.11. The number of aliphatic hydroxyl groups excluding tert-OH is 1. The van der Waals surface area contributed by atoms with Crippen molar-refractivity contribution in [3.63, 3.8) is 0 Å². The van der Waals surface area contributed by atoms with Gasteiger partial charge in [-0.05, 0) is 13.0 Å². The van der Waals surface area contributed by atoms with Crippen molar-refractivity contribution in [2.24, 2.45) is 0 Å². The predicted octanol–water partition coefficient (Wildman–Crippen LogP) is -1.48. The Labute approximate surface area is 61.1 Å². The Morgan fingerprint density at radius 2 is 2.60 bits per heavy atom. The second-order valence-electron chi connectivity index (χ2n) is 2.53. The van der Waals surface area contributed by atoms with E-state index in [1.54, 1.807) is 11.6 Å². The molecule has 0 saturated heterocycles. The molecule has 3 nitrogen and oxygen atoms in total. The van der Waals surface area contributed by atoms with Crippen molar-refractivity contribution in [3.8, 4) is 0 Å². The minimum atomic E-state index is -0.320. The molecule has 1 aromatic heterocycles. The summed E-state index contributed by atoms with van der Waals surface area (Å²) in [5.74, 6) is 0. The van der Waals surface area contributed by atoms with Gasteiger partial charge in [0, 0.05) is 11.8 Å². The maximum Gasteiger partial charge on any atom is 0.166 e. The van der Waals surface area contributed by atoms with Crippen LogP contribution in [0.1, 0.15) is 6.92 Å². The SMILES string of the molecule is Bc1ccn(C[C@H](C)O)n1. The average molecular weight is 138 g/mol. The molecule has 10 heavy (non-hydrogen) atoms. The molecule has 0 aliphatic heterocycles. The van der Waals surface area contributed by atoms with Gasteiger partial charge in [0.25, 0.3) is 0 Å². The molecule has 54 valence electrons. The van der Waals surface area contributed by atoms with E-state index < -0.39 is 0 Å². The average Bonchev–Trinajstić information content (AvgIpc) is 2.13. The molecule has 1 aromatic rings. The lowest BCUT2D eigenvalue weighted by Gasteiger charge is -2.02. The fraction of sp³-hybridized carbons (Fsp3) is 0.500. The zero-order chi connectivity index (χ0) is 7.56. The van der Waals surface area contributed by atoms with Gasteiger partial charge in [-0.25, -0.2) is 0 Å². The number of hydrogen-bond donors (Lipinski definition) is 1. The van der Waals surface area contributed by atoms with Crippen LogP contribution in [0, 0.1) is 0 Å². The molecule has 0 bridgehead atoms. The maximum atomic E-state index is 8.95. The highest BCUT2D eigenvalue weighted by Crippen LogP contribution is 1.86. The quantitative estimate of drug-likeness (QED) is 0.506. The molecule has 0 radical (unpaired) electrons. The minimum absolute atomic E-state index is 0.320.